The molecular weight excluding hydrogens is 538 g/mol. The summed E-state index contributed by atoms with van der Waals surface area (Å²) in [4.78, 5) is 15.3. The minimum Gasteiger partial charge on any atom is -0.387 e. The van der Waals surface area contributed by atoms with Gasteiger partial charge in [0.1, 0.15) is 12.2 Å². The van der Waals surface area contributed by atoms with Crippen LogP contribution in [0.5, 0.6) is 0 Å². The fourth-order valence-electron chi connectivity index (χ4n) is 5.09. The number of hydrogen-bond donors (Lipinski definition) is 5. The molecule has 0 unspecified atom stereocenters. The molecule has 0 amide bonds. The van der Waals surface area contributed by atoms with E-state index in [4.69, 9.17) is 15.5 Å². The molecule has 6 N–H and O–H groups in total. The molecule has 3 aromatic heterocycles. The summed E-state index contributed by atoms with van der Waals surface area (Å²) in [6, 6.07) is 20.5. The Kier molecular flexibility index (Phi) is 8.01. The lowest BCUT2D eigenvalue weighted by molar-refractivity contribution is -0.0384. The molecule has 14 nitrogen and oxygen atoms in total. The van der Waals surface area contributed by atoms with Gasteiger partial charge in [-0.1, -0.05) is 60.7 Å². The van der Waals surface area contributed by atoms with Gasteiger partial charge in [0.05, 0.1) is 12.9 Å². The van der Waals surface area contributed by atoms with Crippen LogP contribution in [0.25, 0.3) is 11.2 Å². The summed E-state index contributed by atoms with van der Waals surface area (Å²) in [5, 5.41) is 40.6. The van der Waals surface area contributed by atoms with Crippen LogP contribution in [0.3, 0.4) is 0 Å². The van der Waals surface area contributed by atoms with Crippen LogP contribution in [-0.4, -0.2) is 81.8 Å². The quantitative estimate of drug-likeness (QED) is 0.154. The zero-order chi connectivity index (χ0) is 29.1. The predicted molar refractivity (Wildman–Crippen MR) is 154 cm³/mol. The number of tetrazole rings is 1. The van der Waals surface area contributed by atoms with Crippen molar-refractivity contribution in [1.29, 1.82) is 0 Å². The molecule has 1 fully saturated rings. The zero-order valence-corrected chi connectivity index (χ0v) is 23.0. The maximum atomic E-state index is 11.0. The van der Waals surface area contributed by atoms with Crippen LogP contribution < -0.4 is 16.4 Å². The normalized spacial score (nSPS) is 20.4. The van der Waals surface area contributed by atoms with Gasteiger partial charge in [0.15, 0.2) is 29.3 Å². The topological polar surface area (TPSA) is 187 Å². The van der Waals surface area contributed by atoms with Crippen molar-refractivity contribution in [2.75, 3.05) is 30.3 Å². The lowest BCUT2D eigenvalue weighted by Gasteiger charge is -2.20. The Morgan fingerprint density at radius 2 is 1.69 bits per heavy atom. The lowest BCUT2D eigenvalue weighted by Crippen LogP contribution is -2.29. The number of aryl methyl sites for hydroxylation is 1. The number of aliphatic hydroxyl groups is 2. The Balaban J connectivity index is 1.33. The van der Waals surface area contributed by atoms with E-state index in [0.717, 1.165) is 11.1 Å². The average molecular weight is 572 g/mol. The number of hydrogen-bond acceptors (Lipinski definition) is 12. The van der Waals surface area contributed by atoms with Gasteiger partial charge in [-0.25, -0.2) is 4.98 Å². The number of rotatable bonds is 11. The SMILES string of the molecule is CCn1nnc([C@H]2O[C@@H](n3cnc4c(NCC(c5ccccc5)c5ccccc5)nc(NCCN)nc43)[C@H](O)[C@@H]2O)n1. The fourth-order valence-corrected chi connectivity index (χ4v) is 5.09. The van der Waals surface area contributed by atoms with E-state index >= 15 is 0 Å². The van der Waals surface area contributed by atoms with E-state index < -0.39 is 24.5 Å². The summed E-state index contributed by atoms with van der Waals surface area (Å²) in [6.45, 7) is 3.76. The number of ether oxygens (including phenoxy) is 1. The van der Waals surface area contributed by atoms with Crippen LogP contribution in [0, 0.1) is 0 Å². The molecule has 4 atom stereocenters. The van der Waals surface area contributed by atoms with Crippen LogP contribution >= 0.6 is 0 Å². The summed E-state index contributed by atoms with van der Waals surface area (Å²) in [6.07, 6.45) is -3.05. The van der Waals surface area contributed by atoms with E-state index in [9.17, 15) is 10.2 Å². The number of nitrogens with one attached hydrogen (secondary N) is 2. The summed E-state index contributed by atoms with van der Waals surface area (Å²) in [7, 11) is 0. The molecule has 14 heteroatoms. The summed E-state index contributed by atoms with van der Waals surface area (Å²) in [5.41, 5.74) is 8.93. The molecule has 42 heavy (non-hydrogen) atoms. The number of benzene rings is 2. The highest BCUT2D eigenvalue weighted by Crippen LogP contribution is 2.39. The van der Waals surface area contributed by atoms with Crippen molar-refractivity contribution in [2.45, 2.75) is 43.9 Å². The molecule has 0 aliphatic carbocycles. The molecule has 0 saturated carbocycles. The Labute approximate surface area is 241 Å². The Bertz CT molecular complexity index is 1570. The summed E-state index contributed by atoms with van der Waals surface area (Å²) >= 11 is 0. The third kappa shape index (κ3) is 5.39. The number of anilines is 2. The molecule has 0 spiro atoms. The number of imidazole rings is 1. The molecule has 4 heterocycles. The predicted octanol–water partition coefficient (Wildman–Crippen LogP) is 1.44. The van der Waals surface area contributed by atoms with E-state index in [1.807, 2.05) is 43.3 Å². The van der Waals surface area contributed by atoms with Gasteiger partial charge in [-0.3, -0.25) is 4.57 Å². The molecular formula is C28H33N11O3. The summed E-state index contributed by atoms with van der Waals surface area (Å²) < 4.78 is 7.66. The number of nitrogens with zero attached hydrogens (tertiary/aromatic N) is 8. The van der Waals surface area contributed by atoms with Gasteiger partial charge in [-0.05, 0) is 23.3 Å². The minimum atomic E-state index is -1.30. The van der Waals surface area contributed by atoms with Gasteiger partial charge in [0.2, 0.25) is 11.8 Å². The van der Waals surface area contributed by atoms with Crippen molar-refractivity contribution in [3.63, 3.8) is 0 Å². The minimum absolute atomic E-state index is 0.0416. The second kappa shape index (κ2) is 12.2. The highest BCUT2D eigenvalue weighted by atomic mass is 16.6. The Morgan fingerprint density at radius 1 is 0.976 bits per heavy atom. The van der Waals surface area contributed by atoms with Crippen molar-refractivity contribution >= 4 is 22.9 Å². The van der Waals surface area contributed by atoms with E-state index in [0.29, 0.717) is 49.1 Å². The highest BCUT2D eigenvalue weighted by molar-refractivity contribution is 5.84. The Hall–Kier alpha value is -4.50. The molecule has 2 aromatic carbocycles. The fraction of sp³-hybridized carbons (Fsp3) is 0.357. The van der Waals surface area contributed by atoms with E-state index in [1.54, 1.807) is 4.57 Å². The van der Waals surface area contributed by atoms with Crippen LogP contribution in [-0.2, 0) is 11.3 Å². The first-order valence-electron chi connectivity index (χ1n) is 13.9. The van der Waals surface area contributed by atoms with E-state index in [2.05, 4.69) is 60.3 Å². The van der Waals surface area contributed by atoms with Crippen LogP contribution in [0.15, 0.2) is 67.0 Å². The maximum Gasteiger partial charge on any atom is 0.226 e. The Morgan fingerprint density at radius 3 is 2.33 bits per heavy atom. The van der Waals surface area contributed by atoms with E-state index in [-0.39, 0.29) is 11.7 Å². The number of aliphatic hydroxyl groups excluding tert-OH is 2. The third-order valence-electron chi connectivity index (χ3n) is 7.24. The maximum absolute atomic E-state index is 11.0. The van der Waals surface area contributed by atoms with Crippen LogP contribution in [0.1, 0.15) is 42.1 Å². The van der Waals surface area contributed by atoms with Gasteiger partial charge in [0, 0.05) is 25.6 Å². The van der Waals surface area contributed by atoms with E-state index in [1.165, 1.54) is 11.1 Å². The first-order valence-corrected chi connectivity index (χ1v) is 13.9. The number of nitrogens with two attached hydrogens (primary N) is 1. The van der Waals surface area contributed by atoms with Gasteiger partial charge in [-0.15, -0.1) is 10.2 Å². The smallest absolute Gasteiger partial charge is 0.226 e. The molecule has 0 radical (unpaired) electrons. The van der Waals surface area contributed by atoms with Crippen molar-refractivity contribution in [2.24, 2.45) is 5.73 Å². The van der Waals surface area contributed by atoms with Crippen molar-refractivity contribution in [3.05, 3.63) is 83.9 Å². The lowest BCUT2D eigenvalue weighted by atomic mass is 9.91. The molecule has 218 valence electrons. The molecule has 1 aliphatic heterocycles. The third-order valence-corrected chi connectivity index (χ3v) is 7.24. The van der Waals surface area contributed by atoms with Crippen molar-refractivity contribution in [3.8, 4) is 0 Å². The van der Waals surface area contributed by atoms with Gasteiger partial charge in [-0.2, -0.15) is 14.8 Å². The molecule has 5 aromatic rings. The number of fused-ring (bicyclic) bond motifs is 1. The van der Waals surface area contributed by atoms with Crippen molar-refractivity contribution in [1.82, 2.24) is 39.7 Å². The largest absolute Gasteiger partial charge is 0.387 e. The second-order valence-corrected chi connectivity index (χ2v) is 9.95. The standard InChI is InChI=1S/C28H33N11O3/c1-2-39-36-25(35-37-39)23-21(40)22(41)27(42-23)38-16-32-20-24(33-28(30-14-13-29)34-26(20)38)31-15-19(17-9-5-3-6-10-17)18-11-7-4-8-12-18/h3-12,16,19,21-23,27,40-41H,2,13-15,29H2,1H3,(H2,30,31,33,34)/t21-,22+,23-,27+/m0/s1. The van der Waals surface area contributed by atoms with Crippen molar-refractivity contribution < 1.29 is 14.9 Å². The first kappa shape index (κ1) is 27.7. The molecule has 1 saturated heterocycles. The van der Waals surface area contributed by atoms with Crippen LogP contribution in [0.4, 0.5) is 11.8 Å². The zero-order valence-electron chi connectivity index (χ0n) is 23.0. The molecule has 0 bridgehead atoms. The summed E-state index contributed by atoms with van der Waals surface area (Å²) in [5.74, 6) is 1.07. The first-order chi connectivity index (χ1) is 20.6. The molecule has 6 rings (SSSR count). The van der Waals surface area contributed by atoms with Gasteiger partial charge in [0.25, 0.3) is 0 Å². The average Bonchev–Trinajstić information content (AvgIpc) is 3.75. The van der Waals surface area contributed by atoms with Gasteiger partial charge >= 0.3 is 0 Å². The highest BCUT2D eigenvalue weighted by Gasteiger charge is 2.47. The van der Waals surface area contributed by atoms with Gasteiger partial charge < -0.3 is 31.3 Å². The second-order valence-electron chi connectivity index (χ2n) is 9.95. The van der Waals surface area contributed by atoms with Crippen LogP contribution in [0.2, 0.25) is 0 Å². The monoisotopic (exact) mass is 571 g/mol. The molecule has 1 aliphatic rings. The number of aromatic nitrogens is 8.